The maximum atomic E-state index is 14.7. The van der Waals surface area contributed by atoms with E-state index in [1.165, 1.54) is 23.8 Å². The third kappa shape index (κ3) is 9.61. The van der Waals surface area contributed by atoms with Crippen LogP contribution in [0.25, 0.3) is 0 Å². The van der Waals surface area contributed by atoms with E-state index in [1.807, 2.05) is 84.0 Å². The minimum absolute atomic E-state index is 0.104. The Morgan fingerprint density at radius 1 is 0.812 bits per heavy atom. The van der Waals surface area contributed by atoms with Gasteiger partial charge in [0.25, 0.3) is 0 Å². The number of aliphatic carboxylic acids is 1. The van der Waals surface area contributed by atoms with Crippen molar-refractivity contribution in [2.45, 2.75) is 104 Å². The normalized spacial score (nSPS) is 14.4. The van der Waals surface area contributed by atoms with Gasteiger partial charge in [0.2, 0.25) is 11.8 Å². The molecular formula is C38H55N3O7. The molecule has 2 rings (SSSR count). The predicted molar refractivity (Wildman–Crippen MR) is 188 cm³/mol. The summed E-state index contributed by atoms with van der Waals surface area (Å²) in [5.41, 5.74) is -1.05. The zero-order chi connectivity index (χ0) is 36.8. The average Bonchev–Trinajstić information content (AvgIpc) is 3.00. The Labute approximate surface area is 286 Å². The van der Waals surface area contributed by atoms with Crippen LogP contribution in [-0.2, 0) is 30.0 Å². The number of hydrogen-bond acceptors (Lipinski definition) is 6. The Balaban J connectivity index is 2.76. The summed E-state index contributed by atoms with van der Waals surface area (Å²) < 4.78 is 11.0. The number of nitrogens with one attached hydrogen (secondary N) is 1. The van der Waals surface area contributed by atoms with Crippen molar-refractivity contribution in [3.8, 4) is 5.75 Å². The molecule has 2 N–H and O–H groups in total. The van der Waals surface area contributed by atoms with E-state index in [9.17, 15) is 24.3 Å². The zero-order valence-corrected chi connectivity index (χ0v) is 30.9. The number of methoxy groups -OCH3 is 1. The van der Waals surface area contributed by atoms with Crippen molar-refractivity contribution in [3.63, 3.8) is 0 Å². The highest BCUT2D eigenvalue weighted by Gasteiger charge is 2.47. The lowest BCUT2D eigenvalue weighted by Crippen LogP contribution is -2.64. The number of rotatable bonds is 13. The molecule has 0 spiro atoms. The van der Waals surface area contributed by atoms with Crippen LogP contribution in [0.2, 0.25) is 0 Å². The molecule has 0 aromatic heterocycles. The van der Waals surface area contributed by atoms with Gasteiger partial charge < -0.3 is 24.8 Å². The first kappa shape index (κ1) is 39.8. The zero-order valence-electron chi connectivity index (χ0n) is 30.9. The molecule has 10 heteroatoms. The maximum absolute atomic E-state index is 14.7. The number of carbonyl (C=O) groups is 4. The Hall–Kier alpha value is -4.34. The van der Waals surface area contributed by atoms with Gasteiger partial charge in [-0.3, -0.25) is 14.5 Å². The summed E-state index contributed by atoms with van der Waals surface area (Å²) in [6.07, 6.45) is 0.872. The van der Waals surface area contributed by atoms with E-state index in [-0.39, 0.29) is 11.5 Å². The number of nitrogens with zero attached hydrogens (tertiary/aromatic N) is 2. The van der Waals surface area contributed by atoms with Gasteiger partial charge in [-0.15, -0.1) is 0 Å². The van der Waals surface area contributed by atoms with E-state index >= 15 is 0 Å². The van der Waals surface area contributed by atoms with Crippen LogP contribution in [0.1, 0.15) is 80.4 Å². The van der Waals surface area contributed by atoms with Crippen LogP contribution < -0.4 is 10.1 Å². The lowest BCUT2D eigenvalue weighted by molar-refractivity contribution is -0.140. The Morgan fingerprint density at radius 2 is 1.33 bits per heavy atom. The summed E-state index contributed by atoms with van der Waals surface area (Å²) in [4.78, 5) is 57.4. The molecule has 0 aliphatic carbocycles. The summed E-state index contributed by atoms with van der Waals surface area (Å²) in [6.45, 7) is 18.0. The molecule has 0 radical (unpaired) electrons. The monoisotopic (exact) mass is 665 g/mol. The number of carboxylic acids is 1. The van der Waals surface area contributed by atoms with Crippen LogP contribution in [0.15, 0.2) is 66.2 Å². The van der Waals surface area contributed by atoms with E-state index in [0.717, 1.165) is 11.1 Å². The van der Waals surface area contributed by atoms with Gasteiger partial charge in [-0.05, 0) is 56.9 Å². The van der Waals surface area contributed by atoms with Crippen LogP contribution in [0, 0.1) is 5.92 Å². The highest BCUT2D eigenvalue weighted by Crippen LogP contribution is 2.34. The van der Waals surface area contributed by atoms with Gasteiger partial charge in [0.1, 0.15) is 23.4 Å². The predicted octanol–water partition coefficient (Wildman–Crippen LogP) is 6.18. The molecule has 0 saturated carbocycles. The second-order valence-corrected chi connectivity index (χ2v) is 14.8. The minimum atomic E-state index is -1.13. The van der Waals surface area contributed by atoms with Crippen molar-refractivity contribution in [2.75, 3.05) is 21.2 Å². The van der Waals surface area contributed by atoms with Crippen LogP contribution in [0.5, 0.6) is 5.75 Å². The van der Waals surface area contributed by atoms with E-state index in [4.69, 9.17) is 9.47 Å². The van der Waals surface area contributed by atoms with Crippen molar-refractivity contribution in [1.29, 1.82) is 0 Å². The molecule has 0 fully saturated rings. The summed E-state index contributed by atoms with van der Waals surface area (Å²) in [7, 11) is 4.70. The fourth-order valence-electron chi connectivity index (χ4n) is 5.84. The van der Waals surface area contributed by atoms with Crippen molar-refractivity contribution in [3.05, 3.63) is 77.4 Å². The molecule has 2 aromatic carbocycles. The molecule has 0 saturated heterocycles. The van der Waals surface area contributed by atoms with Gasteiger partial charge in [-0.2, -0.15) is 0 Å². The Morgan fingerprint density at radius 3 is 1.79 bits per heavy atom. The molecule has 3 atom stereocenters. The molecule has 0 aliphatic rings. The topological polar surface area (TPSA) is 125 Å². The van der Waals surface area contributed by atoms with E-state index < -0.39 is 58.4 Å². The van der Waals surface area contributed by atoms with Gasteiger partial charge in [0, 0.05) is 30.5 Å². The van der Waals surface area contributed by atoms with E-state index in [1.54, 1.807) is 53.1 Å². The molecule has 48 heavy (non-hydrogen) atoms. The first-order valence-corrected chi connectivity index (χ1v) is 16.2. The fourth-order valence-corrected chi connectivity index (χ4v) is 5.84. The van der Waals surface area contributed by atoms with Crippen molar-refractivity contribution < 1.29 is 33.8 Å². The van der Waals surface area contributed by atoms with E-state index in [0.29, 0.717) is 5.75 Å². The highest BCUT2D eigenvalue weighted by molar-refractivity contribution is 5.93. The number of hydrogen-bond donors (Lipinski definition) is 2. The number of ether oxygens (including phenoxy) is 2. The minimum Gasteiger partial charge on any atom is -0.497 e. The molecule has 0 aliphatic heterocycles. The molecule has 264 valence electrons. The van der Waals surface area contributed by atoms with Crippen molar-refractivity contribution in [1.82, 2.24) is 15.1 Å². The lowest BCUT2D eigenvalue weighted by atomic mass is 9.74. The third-order valence-corrected chi connectivity index (χ3v) is 8.84. The standard InChI is InChI=1S/C38H55N3O7/c1-24(2)29(23-25(3)34(44)45)40(11)33(43)30(37(7,8)27-19-21-28(47-13)22-20-27)39-32(42)31(41(12)35(46)48-36(4,5)6)38(9,10)26-17-15-14-16-18-26/h14-24,29-31H,1-13H3,(H,39,42)(H,44,45)/t29-,30-,31-/m1/s1. The SMILES string of the molecule is COc1ccc(C(C)(C)[C@H](NC(=O)[C@@H](N(C)C(=O)OC(C)(C)C)C(C)(C)c2ccccc2)C(=O)N(C)[C@H](C=C(C)C(=O)O)C(C)C)cc1. The van der Waals surface area contributed by atoms with Crippen LogP contribution in [0.4, 0.5) is 4.79 Å². The Bertz CT molecular complexity index is 1460. The van der Waals surface area contributed by atoms with Gasteiger partial charge in [-0.25, -0.2) is 9.59 Å². The van der Waals surface area contributed by atoms with Gasteiger partial charge >= 0.3 is 12.1 Å². The third-order valence-electron chi connectivity index (χ3n) is 8.84. The second kappa shape index (κ2) is 15.7. The smallest absolute Gasteiger partial charge is 0.410 e. The summed E-state index contributed by atoms with van der Waals surface area (Å²) in [5.74, 6) is -1.56. The second-order valence-electron chi connectivity index (χ2n) is 14.8. The lowest BCUT2D eigenvalue weighted by Gasteiger charge is -2.43. The molecule has 3 amide bonds. The van der Waals surface area contributed by atoms with Crippen molar-refractivity contribution >= 4 is 23.9 Å². The van der Waals surface area contributed by atoms with Gasteiger partial charge in [-0.1, -0.05) is 90.1 Å². The van der Waals surface area contributed by atoms with Crippen LogP contribution in [-0.4, -0.2) is 83.7 Å². The maximum Gasteiger partial charge on any atom is 0.410 e. The summed E-state index contributed by atoms with van der Waals surface area (Å²) in [6, 6.07) is 13.8. The molecule has 10 nitrogen and oxygen atoms in total. The molecular weight excluding hydrogens is 610 g/mol. The fraction of sp³-hybridized carbons (Fsp3) is 0.526. The molecule has 0 bridgehead atoms. The molecule has 0 heterocycles. The first-order chi connectivity index (χ1) is 22.1. The quantitative estimate of drug-likeness (QED) is 0.245. The van der Waals surface area contributed by atoms with Gasteiger partial charge in [0.15, 0.2) is 0 Å². The van der Waals surface area contributed by atoms with E-state index in [2.05, 4.69) is 5.32 Å². The molecule has 2 aromatic rings. The number of carbonyl (C=O) groups excluding carboxylic acids is 3. The number of benzene rings is 2. The van der Waals surface area contributed by atoms with Crippen LogP contribution in [0.3, 0.4) is 0 Å². The van der Waals surface area contributed by atoms with Crippen molar-refractivity contribution in [2.24, 2.45) is 5.92 Å². The summed E-state index contributed by atoms with van der Waals surface area (Å²) >= 11 is 0. The average molecular weight is 666 g/mol. The number of amides is 3. The Kier molecular flexibility index (Phi) is 13.0. The molecule has 0 unspecified atom stereocenters. The van der Waals surface area contributed by atoms with Gasteiger partial charge in [0.05, 0.1) is 13.2 Å². The summed E-state index contributed by atoms with van der Waals surface area (Å²) in [5, 5.41) is 12.7. The number of likely N-dealkylation sites (N-methyl/N-ethyl adjacent to an activating group) is 2. The van der Waals surface area contributed by atoms with Crippen LogP contribution >= 0.6 is 0 Å². The number of carboxylic acid groups (broad SMARTS) is 1. The first-order valence-electron chi connectivity index (χ1n) is 16.2. The highest BCUT2D eigenvalue weighted by atomic mass is 16.6. The largest absolute Gasteiger partial charge is 0.497 e.